The van der Waals surface area contributed by atoms with E-state index in [2.05, 4.69) is 16.3 Å². The molecule has 0 spiro atoms. The molecule has 24 heavy (non-hydrogen) atoms. The van der Waals surface area contributed by atoms with Crippen LogP contribution in [0.1, 0.15) is 25.3 Å². The number of hydrogen-bond acceptors (Lipinski definition) is 5. The number of benzene rings is 1. The maximum absolute atomic E-state index is 14.4. The number of nitriles is 1. The summed E-state index contributed by atoms with van der Waals surface area (Å²) in [6.45, 7) is 3.45. The zero-order valence-electron chi connectivity index (χ0n) is 13.6. The molecule has 2 heterocycles. The first-order valence-corrected chi connectivity index (χ1v) is 7.94. The van der Waals surface area contributed by atoms with Crippen molar-refractivity contribution >= 4 is 0 Å². The molecule has 0 bridgehead atoms. The standard InChI is InChI=1S/C17H20FN5O/c1-17(4-6-19)5-9-22(12-16(17)18)11-13-2-3-14(15(24)10-13)23-20-7-8-21-23/h2-3,7-8,10,16,24H,4-5,9,11-12H2,1H3. The number of likely N-dealkylation sites (tertiary alicyclic amines) is 1. The lowest BCUT2D eigenvalue weighted by Gasteiger charge is -2.41. The van der Waals surface area contributed by atoms with Gasteiger partial charge >= 0.3 is 0 Å². The Morgan fingerprint density at radius 3 is 2.79 bits per heavy atom. The minimum atomic E-state index is -1.02. The Morgan fingerprint density at radius 2 is 2.17 bits per heavy atom. The smallest absolute Gasteiger partial charge is 0.143 e. The van der Waals surface area contributed by atoms with Gasteiger partial charge in [0.25, 0.3) is 0 Å². The largest absolute Gasteiger partial charge is 0.506 e. The topological polar surface area (TPSA) is 78.0 Å². The van der Waals surface area contributed by atoms with E-state index < -0.39 is 11.6 Å². The molecular weight excluding hydrogens is 309 g/mol. The normalized spacial score (nSPS) is 24.6. The predicted molar refractivity (Wildman–Crippen MR) is 86.2 cm³/mol. The molecule has 0 amide bonds. The molecule has 1 aromatic heterocycles. The highest BCUT2D eigenvalue weighted by molar-refractivity contribution is 5.46. The summed E-state index contributed by atoms with van der Waals surface area (Å²) in [6, 6.07) is 7.39. The Bertz CT molecular complexity index is 742. The van der Waals surface area contributed by atoms with Gasteiger partial charge in [-0.3, -0.25) is 4.90 Å². The maximum atomic E-state index is 14.4. The Hall–Kier alpha value is -2.46. The van der Waals surface area contributed by atoms with Gasteiger partial charge in [-0.15, -0.1) is 4.80 Å². The summed E-state index contributed by atoms with van der Waals surface area (Å²) < 4.78 is 14.4. The van der Waals surface area contributed by atoms with Crippen LogP contribution >= 0.6 is 0 Å². The second-order valence-electron chi connectivity index (χ2n) is 6.58. The summed E-state index contributed by atoms with van der Waals surface area (Å²) in [5, 5.41) is 27.0. The van der Waals surface area contributed by atoms with E-state index in [1.807, 2.05) is 17.9 Å². The fraction of sp³-hybridized carbons (Fsp3) is 0.471. The van der Waals surface area contributed by atoms with E-state index in [4.69, 9.17) is 5.26 Å². The number of phenolic OH excluding ortho intramolecular Hbond substituents is 1. The molecule has 126 valence electrons. The van der Waals surface area contributed by atoms with Crippen LogP contribution in [0, 0.1) is 16.7 Å². The van der Waals surface area contributed by atoms with E-state index in [1.165, 1.54) is 4.80 Å². The van der Waals surface area contributed by atoms with E-state index in [9.17, 15) is 9.50 Å². The second kappa shape index (κ2) is 6.57. The Balaban J connectivity index is 1.67. The van der Waals surface area contributed by atoms with Gasteiger partial charge < -0.3 is 5.11 Å². The van der Waals surface area contributed by atoms with Crippen LogP contribution < -0.4 is 0 Å². The van der Waals surface area contributed by atoms with Crippen LogP contribution in [0.2, 0.25) is 0 Å². The molecule has 2 aromatic rings. The van der Waals surface area contributed by atoms with Gasteiger partial charge in [0.15, 0.2) is 0 Å². The lowest BCUT2D eigenvalue weighted by atomic mass is 9.76. The van der Waals surface area contributed by atoms with Gasteiger partial charge in [0.1, 0.15) is 17.6 Å². The number of phenols is 1. The quantitative estimate of drug-likeness (QED) is 0.932. The first-order valence-electron chi connectivity index (χ1n) is 7.94. The molecule has 1 aromatic carbocycles. The van der Waals surface area contributed by atoms with Crippen molar-refractivity contribution < 1.29 is 9.50 Å². The molecule has 2 atom stereocenters. The number of aromatic nitrogens is 3. The molecule has 7 heteroatoms. The van der Waals surface area contributed by atoms with Crippen LogP contribution in [0.15, 0.2) is 30.6 Å². The van der Waals surface area contributed by atoms with Crippen molar-refractivity contribution in [2.45, 2.75) is 32.5 Å². The third-order valence-electron chi connectivity index (χ3n) is 4.74. The van der Waals surface area contributed by atoms with Gasteiger partial charge in [0, 0.05) is 24.9 Å². The third-order valence-corrected chi connectivity index (χ3v) is 4.74. The number of rotatable bonds is 4. The van der Waals surface area contributed by atoms with Crippen molar-refractivity contribution in [3.05, 3.63) is 36.2 Å². The first kappa shape index (κ1) is 16.4. The van der Waals surface area contributed by atoms with Crippen LogP contribution in [0.5, 0.6) is 5.75 Å². The Labute approximate surface area is 140 Å². The van der Waals surface area contributed by atoms with Crippen molar-refractivity contribution in [1.29, 1.82) is 5.26 Å². The van der Waals surface area contributed by atoms with Crippen molar-refractivity contribution in [2.75, 3.05) is 13.1 Å². The highest BCUT2D eigenvalue weighted by Gasteiger charge is 2.39. The molecule has 1 N–H and O–H groups in total. The molecule has 0 aliphatic carbocycles. The number of piperidine rings is 1. The van der Waals surface area contributed by atoms with Crippen LogP contribution in [0.25, 0.3) is 5.69 Å². The second-order valence-corrected chi connectivity index (χ2v) is 6.58. The first-order chi connectivity index (χ1) is 11.5. The summed E-state index contributed by atoms with van der Waals surface area (Å²) in [5.41, 5.74) is 0.857. The van der Waals surface area contributed by atoms with Gasteiger partial charge in [-0.25, -0.2) is 4.39 Å². The summed E-state index contributed by atoms with van der Waals surface area (Å²) in [6.07, 6.45) is 2.96. The number of halogens is 1. The summed E-state index contributed by atoms with van der Waals surface area (Å²) in [4.78, 5) is 3.37. The van der Waals surface area contributed by atoms with E-state index in [0.717, 1.165) is 12.1 Å². The maximum Gasteiger partial charge on any atom is 0.143 e. The predicted octanol–water partition coefficient (Wildman–Crippen LogP) is 2.44. The van der Waals surface area contributed by atoms with Crippen LogP contribution in [-0.2, 0) is 6.54 Å². The number of alkyl halides is 1. The molecule has 2 unspecified atom stereocenters. The van der Waals surface area contributed by atoms with Gasteiger partial charge in [0.05, 0.1) is 18.5 Å². The Morgan fingerprint density at radius 1 is 1.42 bits per heavy atom. The highest BCUT2D eigenvalue weighted by Crippen LogP contribution is 2.37. The molecule has 0 radical (unpaired) electrons. The fourth-order valence-corrected chi connectivity index (χ4v) is 3.07. The van der Waals surface area contributed by atoms with E-state index in [0.29, 0.717) is 25.2 Å². The van der Waals surface area contributed by atoms with E-state index >= 15 is 0 Å². The van der Waals surface area contributed by atoms with Gasteiger partial charge in [-0.2, -0.15) is 15.5 Å². The van der Waals surface area contributed by atoms with Gasteiger partial charge in [-0.1, -0.05) is 13.0 Å². The minimum absolute atomic E-state index is 0.0897. The zero-order chi connectivity index (χ0) is 17.2. The lowest BCUT2D eigenvalue weighted by molar-refractivity contribution is 0.0186. The zero-order valence-corrected chi connectivity index (χ0v) is 13.6. The minimum Gasteiger partial charge on any atom is -0.506 e. The van der Waals surface area contributed by atoms with E-state index in [-0.39, 0.29) is 12.2 Å². The van der Waals surface area contributed by atoms with Crippen molar-refractivity contribution in [1.82, 2.24) is 19.9 Å². The molecule has 1 aliphatic rings. The monoisotopic (exact) mass is 329 g/mol. The fourth-order valence-electron chi connectivity index (χ4n) is 3.07. The number of aromatic hydroxyl groups is 1. The summed E-state index contributed by atoms with van der Waals surface area (Å²) in [7, 11) is 0. The van der Waals surface area contributed by atoms with Crippen molar-refractivity contribution in [2.24, 2.45) is 5.41 Å². The van der Waals surface area contributed by atoms with Crippen molar-refractivity contribution in [3.63, 3.8) is 0 Å². The molecule has 6 nitrogen and oxygen atoms in total. The van der Waals surface area contributed by atoms with Gasteiger partial charge in [-0.05, 0) is 30.7 Å². The molecule has 1 aliphatic heterocycles. The van der Waals surface area contributed by atoms with Crippen LogP contribution in [-0.4, -0.2) is 44.3 Å². The van der Waals surface area contributed by atoms with Crippen LogP contribution in [0.4, 0.5) is 4.39 Å². The highest BCUT2D eigenvalue weighted by atomic mass is 19.1. The SMILES string of the molecule is CC1(CC#N)CCN(Cc2ccc(-n3nccn3)c(O)c2)CC1F. The third kappa shape index (κ3) is 3.24. The average Bonchev–Trinajstić information content (AvgIpc) is 3.06. The van der Waals surface area contributed by atoms with Crippen LogP contribution in [0.3, 0.4) is 0 Å². The van der Waals surface area contributed by atoms with Crippen molar-refractivity contribution in [3.8, 4) is 17.5 Å². The molecule has 3 rings (SSSR count). The summed E-state index contributed by atoms with van der Waals surface area (Å²) in [5.74, 6) is 0.0897. The Kier molecular flexibility index (Phi) is 4.49. The van der Waals surface area contributed by atoms with E-state index in [1.54, 1.807) is 24.5 Å². The molecule has 0 saturated carbocycles. The summed E-state index contributed by atoms with van der Waals surface area (Å²) >= 11 is 0. The lowest BCUT2D eigenvalue weighted by Crippen LogP contribution is -2.47. The number of hydrogen-bond donors (Lipinski definition) is 1. The molecule has 1 fully saturated rings. The number of nitrogens with zero attached hydrogens (tertiary/aromatic N) is 5. The average molecular weight is 329 g/mol. The van der Waals surface area contributed by atoms with Gasteiger partial charge in [0.2, 0.25) is 0 Å². The molecule has 1 saturated heterocycles. The molecular formula is C17H20FN5O.